The molecule has 0 atom stereocenters. The second-order valence-electron chi connectivity index (χ2n) is 6.61. The van der Waals surface area contributed by atoms with Crippen LogP contribution in [0.25, 0.3) is 0 Å². The number of carbonyl (C=O) groups excluding carboxylic acids is 1. The summed E-state index contributed by atoms with van der Waals surface area (Å²) in [5.41, 5.74) is 2.32. The number of hydrogen-bond acceptors (Lipinski definition) is 6. The van der Waals surface area contributed by atoms with Gasteiger partial charge in [-0.15, -0.1) is 0 Å². The fraction of sp³-hybridized carbons (Fsp3) is 0.200. The number of para-hydroxylation sites is 1. The molecule has 9 heteroatoms. The first-order valence-corrected chi connectivity index (χ1v) is 10.7. The lowest BCUT2D eigenvalue weighted by atomic mass is 10.2. The molecule has 0 aliphatic carbocycles. The van der Waals surface area contributed by atoms with Gasteiger partial charge in [0.05, 0.1) is 22.0 Å². The van der Waals surface area contributed by atoms with E-state index in [1.165, 1.54) is 22.5 Å². The molecule has 1 aliphatic heterocycles. The molecule has 2 aromatic carbocycles. The van der Waals surface area contributed by atoms with Crippen molar-refractivity contribution in [3.63, 3.8) is 0 Å². The monoisotopic (exact) mass is 432 g/mol. The fourth-order valence-corrected chi connectivity index (χ4v) is 5.22. The van der Waals surface area contributed by atoms with Crippen LogP contribution in [-0.2, 0) is 27.8 Å². The Bertz CT molecular complexity index is 1190. The van der Waals surface area contributed by atoms with Crippen molar-refractivity contribution < 1.29 is 22.5 Å². The second-order valence-corrected chi connectivity index (χ2v) is 8.85. The molecule has 0 N–H and O–H groups in total. The van der Waals surface area contributed by atoms with Crippen molar-refractivity contribution >= 4 is 33.3 Å². The third kappa shape index (κ3) is 3.73. The first kappa shape index (κ1) is 19.5. The minimum absolute atomic E-state index is 0.0387. The highest BCUT2D eigenvalue weighted by molar-refractivity contribution is 7.93. The molecule has 0 bridgehead atoms. The van der Waals surface area contributed by atoms with E-state index < -0.39 is 16.0 Å². The summed E-state index contributed by atoms with van der Waals surface area (Å²) in [6.07, 6.45) is 0.616. The summed E-state index contributed by atoms with van der Waals surface area (Å²) in [5.74, 6) is -0.291. The topological polar surface area (TPSA) is 89.7 Å². The maximum Gasteiger partial charge on any atom is 0.338 e. The Morgan fingerprint density at radius 1 is 1.24 bits per heavy atom. The number of anilines is 1. The molecule has 1 aromatic heterocycles. The van der Waals surface area contributed by atoms with Gasteiger partial charge in [-0.1, -0.05) is 35.0 Å². The fourth-order valence-electron chi connectivity index (χ4n) is 3.21. The number of carbonyl (C=O) groups is 1. The van der Waals surface area contributed by atoms with E-state index in [0.717, 1.165) is 5.56 Å². The van der Waals surface area contributed by atoms with E-state index in [-0.39, 0.29) is 22.1 Å². The third-order valence-electron chi connectivity index (χ3n) is 4.60. The maximum absolute atomic E-state index is 13.2. The number of rotatable bonds is 5. The van der Waals surface area contributed by atoms with Gasteiger partial charge < -0.3 is 9.26 Å². The zero-order valence-corrected chi connectivity index (χ0v) is 17.0. The highest BCUT2D eigenvalue weighted by Gasteiger charge is 2.32. The van der Waals surface area contributed by atoms with Gasteiger partial charge in [0.1, 0.15) is 4.90 Å². The molecular formula is C20H17ClN2O5S. The summed E-state index contributed by atoms with van der Waals surface area (Å²) in [6, 6.07) is 13.0. The standard InChI is InChI=1S/C20H17ClN2O5S/c1-13-10-16(28-22-13)12-27-20(24)15-6-7-17(21)19(11-15)29(25,26)23-9-8-14-4-2-3-5-18(14)23/h2-7,10-11H,8-9,12H2,1H3. The first-order valence-electron chi connectivity index (χ1n) is 8.86. The molecule has 7 nitrogen and oxygen atoms in total. The highest BCUT2D eigenvalue weighted by Crippen LogP contribution is 2.35. The number of hydrogen-bond donors (Lipinski definition) is 0. The number of aromatic nitrogens is 1. The minimum atomic E-state index is -3.94. The molecule has 1 aliphatic rings. The Labute approximate surface area is 172 Å². The maximum atomic E-state index is 13.2. The number of halogens is 1. The molecule has 0 radical (unpaired) electrons. The van der Waals surface area contributed by atoms with E-state index in [1.54, 1.807) is 25.1 Å². The zero-order chi connectivity index (χ0) is 20.6. The molecule has 0 saturated heterocycles. The number of aryl methyl sites for hydroxylation is 1. The van der Waals surface area contributed by atoms with Gasteiger partial charge in [0.25, 0.3) is 10.0 Å². The van der Waals surface area contributed by atoms with E-state index in [9.17, 15) is 13.2 Å². The van der Waals surface area contributed by atoms with Gasteiger partial charge in [0.2, 0.25) is 0 Å². The van der Waals surface area contributed by atoms with Crippen molar-refractivity contribution in [3.8, 4) is 0 Å². The van der Waals surface area contributed by atoms with Crippen LogP contribution in [0.5, 0.6) is 0 Å². The Balaban J connectivity index is 1.60. The number of sulfonamides is 1. The van der Waals surface area contributed by atoms with Gasteiger partial charge >= 0.3 is 5.97 Å². The summed E-state index contributed by atoms with van der Waals surface area (Å²) in [6.45, 7) is 1.96. The van der Waals surface area contributed by atoms with Crippen molar-refractivity contribution in [1.82, 2.24) is 5.16 Å². The highest BCUT2D eigenvalue weighted by atomic mass is 35.5. The SMILES string of the molecule is Cc1cc(COC(=O)c2ccc(Cl)c(S(=O)(=O)N3CCc4ccccc43)c2)on1. The Morgan fingerprint density at radius 2 is 2.03 bits per heavy atom. The number of nitrogens with zero attached hydrogens (tertiary/aromatic N) is 2. The van der Waals surface area contributed by atoms with Crippen LogP contribution in [0.3, 0.4) is 0 Å². The number of ether oxygens (including phenoxy) is 1. The van der Waals surface area contributed by atoms with Gasteiger partial charge in [0, 0.05) is 12.6 Å². The van der Waals surface area contributed by atoms with E-state index in [0.29, 0.717) is 30.1 Å². The summed E-state index contributed by atoms with van der Waals surface area (Å²) >= 11 is 6.19. The van der Waals surface area contributed by atoms with Crippen molar-refractivity contribution in [2.75, 3.05) is 10.8 Å². The van der Waals surface area contributed by atoms with Crippen LogP contribution in [0.15, 0.2) is 57.9 Å². The molecule has 150 valence electrons. The molecule has 0 unspecified atom stereocenters. The number of esters is 1. The van der Waals surface area contributed by atoms with Gasteiger partial charge in [-0.25, -0.2) is 13.2 Å². The van der Waals surface area contributed by atoms with Crippen LogP contribution in [0.4, 0.5) is 5.69 Å². The normalized spacial score (nSPS) is 13.4. The quantitative estimate of drug-likeness (QED) is 0.570. The summed E-state index contributed by atoms with van der Waals surface area (Å²) in [5, 5.41) is 3.76. The van der Waals surface area contributed by atoms with Gasteiger partial charge in [-0.2, -0.15) is 0 Å². The summed E-state index contributed by atoms with van der Waals surface area (Å²) in [4.78, 5) is 12.3. The molecule has 0 amide bonds. The van der Waals surface area contributed by atoms with Crippen LogP contribution in [-0.4, -0.2) is 26.1 Å². The van der Waals surface area contributed by atoms with Crippen LogP contribution < -0.4 is 4.31 Å². The van der Waals surface area contributed by atoms with E-state index in [1.807, 2.05) is 12.1 Å². The van der Waals surface area contributed by atoms with Crippen molar-refractivity contribution in [3.05, 3.63) is 76.1 Å². The second kappa shape index (κ2) is 7.53. The first-order chi connectivity index (χ1) is 13.9. The molecule has 29 heavy (non-hydrogen) atoms. The van der Waals surface area contributed by atoms with Crippen molar-refractivity contribution in [2.24, 2.45) is 0 Å². The summed E-state index contributed by atoms with van der Waals surface area (Å²) in [7, 11) is -3.94. The molecule has 2 heterocycles. The minimum Gasteiger partial charge on any atom is -0.454 e. The van der Waals surface area contributed by atoms with Gasteiger partial charge in [0.15, 0.2) is 12.4 Å². The third-order valence-corrected chi connectivity index (χ3v) is 6.90. The molecule has 4 rings (SSSR count). The number of fused-ring (bicyclic) bond motifs is 1. The van der Waals surface area contributed by atoms with Gasteiger partial charge in [-0.05, 0) is 43.2 Å². The lowest BCUT2D eigenvalue weighted by Gasteiger charge is -2.20. The molecule has 0 saturated carbocycles. The van der Waals surface area contributed by atoms with Crippen LogP contribution >= 0.6 is 11.6 Å². The van der Waals surface area contributed by atoms with Crippen molar-refractivity contribution in [2.45, 2.75) is 24.8 Å². The largest absolute Gasteiger partial charge is 0.454 e. The Morgan fingerprint density at radius 3 is 2.79 bits per heavy atom. The smallest absolute Gasteiger partial charge is 0.338 e. The summed E-state index contributed by atoms with van der Waals surface area (Å²) < 4.78 is 38.0. The predicted molar refractivity (Wildman–Crippen MR) is 106 cm³/mol. The van der Waals surface area contributed by atoms with E-state index in [4.69, 9.17) is 20.9 Å². The molecule has 0 fully saturated rings. The lowest BCUT2D eigenvalue weighted by molar-refractivity contribution is 0.0437. The van der Waals surface area contributed by atoms with Crippen LogP contribution in [0.1, 0.15) is 27.4 Å². The zero-order valence-electron chi connectivity index (χ0n) is 15.5. The number of benzene rings is 2. The lowest BCUT2D eigenvalue weighted by Crippen LogP contribution is -2.29. The van der Waals surface area contributed by atoms with E-state index >= 15 is 0 Å². The molecule has 3 aromatic rings. The van der Waals surface area contributed by atoms with E-state index in [2.05, 4.69) is 5.16 Å². The Kier molecular flexibility index (Phi) is 5.06. The Hall–Kier alpha value is -2.84. The van der Waals surface area contributed by atoms with Crippen LogP contribution in [0, 0.1) is 6.92 Å². The van der Waals surface area contributed by atoms with Crippen molar-refractivity contribution in [1.29, 1.82) is 0 Å². The van der Waals surface area contributed by atoms with Crippen LogP contribution in [0.2, 0.25) is 5.02 Å². The van der Waals surface area contributed by atoms with Gasteiger partial charge in [-0.3, -0.25) is 4.31 Å². The molecular weight excluding hydrogens is 416 g/mol. The average molecular weight is 433 g/mol. The predicted octanol–water partition coefficient (Wildman–Crippen LogP) is 3.74. The average Bonchev–Trinajstić information content (AvgIpc) is 3.32. The molecule has 0 spiro atoms.